The number of halogens is 3. The molecule has 1 aliphatic heterocycles. The number of benzene rings is 2. The molecule has 0 aliphatic carbocycles. The first-order valence-electron chi connectivity index (χ1n) is 10.9. The molecule has 0 saturated carbocycles. The summed E-state index contributed by atoms with van der Waals surface area (Å²) in [7, 11) is 5.85. The fraction of sp³-hybridized carbons (Fsp3) is 0.333. The molecule has 0 unspecified atom stereocenters. The monoisotopic (exact) mass is 506 g/mol. The van der Waals surface area contributed by atoms with Crippen LogP contribution < -0.4 is 29.6 Å². The molecule has 3 aromatic rings. The summed E-state index contributed by atoms with van der Waals surface area (Å²) >= 11 is 0. The van der Waals surface area contributed by atoms with E-state index in [0.717, 1.165) is 10.9 Å². The molecule has 9 nitrogen and oxygen atoms in total. The van der Waals surface area contributed by atoms with Crippen LogP contribution in [0.4, 0.5) is 24.7 Å². The third-order valence-electron chi connectivity index (χ3n) is 5.93. The molecule has 2 aromatic carbocycles. The number of nitrogens with zero attached hydrogens (tertiary/aromatic N) is 2. The first-order valence-corrected chi connectivity index (χ1v) is 10.9. The SMILES string of the molecule is COc1ccc(NC(=O)c2cnn3c2N[C@@H](c2ccc(OC)c(OC)c2)C[C@H]3C(F)(F)F)cc1OC. The largest absolute Gasteiger partial charge is 0.493 e. The fourth-order valence-electron chi connectivity index (χ4n) is 4.13. The molecular formula is C24H25F3N4O5. The maximum Gasteiger partial charge on any atom is 0.410 e. The van der Waals surface area contributed by atoms with Crippen LogP contribution in [-0.2, 0) is 0 Å². The van der Waals surface area contributed by atoms with Crippen LogP contribution in [0.3, 0.4) is 0 Å². The zero-order valence-corrected chi connectivity index (χ0v) is 20.0. The normalized spacial score (nSPS) is 17.0. The highest BCUT2D eigenvalue weighted by Crippen LogP contribution is 2.45. The van der Waals surface area contributed by atoms with Crippen LogP contribution in [0.2, 0.25) is 0 Å². The number of hydrogen-bond acceptors (Lipinski definition) is 7. The number of carbonyl (C=O) groups is 1. The van der Waals surface area contributed by atoms with Crippen LogP contribution in [0.1, 0.15) is 34.4 Å². The number of nitrogens with one attached hydrogen (secondary N) is 2. The van der Waals surface area contributed by atoms with Gasteiger partial charge >= 0.3 is 6.18 Å². The number of aromatic nitrogens is 2. The van der Waals surface area contributed by atoms with Crippen molar-refractivity contribution in [2.24, 2.45) is 0 Å². The Morgan fingerprint density at radius 1 is 0.972 bits per heavy atom. The summed E-state index contributed by atoms with van der Waals surface area (Å²) in [5.41, 5.74) is 0.877. The van der Waals surface area contributed by atoms with Crippen molar-refractivity contribution in [2.45, 2.75) is 24.7 Å². The Hall–Kier alpha value is -4.09. The first kappa shape index (κ1) is 25.0. The lowest BCUT2D eigenvalue weighted by Crippen LogP contribution is -2.36. The number of carbonyl (C=O) groups excluding carboxylic acids is 1. The Morgan fingerprint density at radius 3 is 2.19 bits per heavy atom. The number of fused-ring (bicyclic) bond motifs is 1. The van der Waals surface area contributed by atoms with Gasteiger partial charge in [0.25, 0.3) is 5.91 Å². The quantitative estimate of drug-likeness (QED) is 0.474. The van der Waals surface area contributed by atoms with Gasteiger partial charge in [0.05, 0.1) is 40.7 Å². The van der Waals surface area contributed by atoms with E-state index in [1.54, 1.807) is 36.4 Å². The smallest absolute Gasteiger partial charge is 0.410 e. The lowest BCUT2D eigenvalue weighted by molar-refractivity contribution is -0.173. The van der Waals surface area contributed by atoms with Crippen LogP contribution >= 0.6 is 0 Å². The topological polar surface area (TPSA) is 95.9 Å². The Morgan fingerprint density at radius 2 is 1.58 bits per heavy atom. The van der Waals surface area contributed by atoms with Crippen molar-refractivity contribution in [3.8, 4) is 23.0 Å². The van der Waals surface area contributed by atoms with Gasteiger partial charge in [-0.15, -0.1) is 0 Å². The van der Waals surface area contributed by atoms with Crippen molar-refractivity contribution in [3.63, 3.8) is 0 Å². The van der Waals surface area contributed by atoms with Gasteiger partial charge in [-0.1, -0.05) is 6.07 Å². The van der Waals surface area contributed by atoms with Crippen LogP contribution in [0.15, 0.2) is 42.6 Å². The second-order valence-electron chi connectivity index (χ2n) is 7.98. The van der Waals surface area contributed by atoms with E-state index in [9.17, 15) is 18.0 Å². The van der Waals surface area contributed by atoms with Crippen molar-refractivity contribution in [3.05, 3.63) is 53.7 Å². The van der Waals surface area contributed by atoms with E-state index in [1.165, 1.54) is 28.4 Å². The second kappa shape index (κ2) is 9.88. The molecular weight excluding hydrogens is 481 g/mol. The average molecular weight is 506 g/mol. The van der Waals surface area contributed by atoms with E-state index in [-0.39, 0.29) is 17.8 Å². The Balaban J connectivity index is 1.68. The minimum Gasteiger partial charge on any atom is -0.493 e. The van der Waals surface area contributed by atoms with Crippen molar-refractivity contribution < 1.29 is 36.9 Å². The highest BCUT2D eigenvalue weighted by Gasteiger charge is 2.47. The van der Waals surface area contributed by atoms with Gasteiger partial charge in [0.2, 0.25) is 0 Å². The lowest BCUT2D eigenvalue weighted by Gasteiger charge is -2.34. The predicted molar refractivity (Wildman–Crippen MR) is 125 cm³/mol. The molecule has 4 rings (SSSR count). The minimum atomic E-state index is -4.59. The van der Waals surface area contributed by atoms with E-state index in [4.69, 9.17) is 18.9 Å². The van der Waals surface area contributed by atoms with Crippen molar-refractivity contribution in [1.29, 1.82) is 0 Å². The molecule has 2 N–H and O–H groups in total. The number of rotatable bonds is 7. The predicted octanol–water partition coefficient (Wildman–Crippen LogP) is 4.83. The summed E-state index contributed by atoms with van der Waals surface area (Å²) < 4.78 is 63.8. The highest BCUT2D eigenvalue weighted by atomic mass is 19.4. The van der Waals surface area contributed by atoms with Gasteiger partial charge in [-0.3, -0.25) is 4.79 Å². The van der Waals surface area contributed by atoms with Crippen LogP contribution in [-0.4, -0.2) is 50.3 Å². The average Bonchev–Trinajstić information content (AvgIpc) is 3.31. The van der Waals surface area contributed by atoms with Gasteiger partial charge in [0.1, 0.15) is 11.4 Å². The number of hydrogen-bond donors (Lipinski definition) is 2. The Bertz CT molecular complexity index is 1260. The van der Waals surface area contributed by atoms with E-state index < -0.39 is 24.2 Å². The fourth-order valence-corrected chi connectivity index (χ4v) is 4.13. The molecule has 2 heterocycles. The number of amides is 1. The van der Waals surface area contributed by atoms with Gasteiger partial charge in [-0.25, -0.2) is 4.68 Å². The maximum atomic E-state index is 14.0. The number of methoxy groups -OCH3 is 4. The van der Waals surface area contributed by atoms with E-state index in [2.05, 4.69) is 15.7 Å². The maximum absolute atomic E-state index is 14.0. The molecule has 0 saturated heterocycles. The summed E-state index contributed by atoms with van der Waals surface area (Å²) in [4.78, 5) is 13.1. The number of alkyl halides is 3. The molecule has 36 heavy (non-hydrogen) atoms. The van der Waals surface area contributed by atoms with Crippen molar-refractivity contribution >= 4 is 17.4 Å². The Labute approximate surface area is 205 Å². The zero-order valence-electron chi connectivity index (χ0n) is 20.0. The van der Waals surface area contributed by atoms with Gasteiger partial charge in [-0.05, 0) is 29.8 Å². The van der Waals surface area contributed by atoms with Crippen LogP contribution in [0, 0.1) is 0 Å². The summed E-state index contributed by atoms with van der Waals surface area (Å²) in [6, 6.07) is 6.92. The highest BCUT2D eigenvalue weighted by molar-refractivity contribution is 6.07. The van der Waals surface area contributed by atoms with E-state index >= 15 is 0 Å². The molecule has 12 heteroatoms. The Kier molecular flexibility index (Phi) is 6.86. The summed E-state index contributed by atoms with van der Waals surface area (Å²) in [5.74, 6) is 1.00. The third kappa shape index (κ3) is 4.70. The molecule has 1 aromatic heterocycles. The molecule has 0 bridgehead atoms. The van der Waals surface area contributed by atoms with Gasteiger partial charge in [0.15, 0.2) is 29.0 Å². The molecule has 1 aliphatic rings. The summed E-state index contributed by atoms with van der Waals surface area (Å²) in [6.07, 6.45) is -3.80. The standard InChI is InChI=1S/C24H25F3N4O5/c1-33-17-7-5-13(9-19(17)35-3)16-11-21(24(25,26)27)31-22(30-16)15(12-28-31)23(32)29-14-6-8-18(34-2)20(10-14)36-4/h5-10,12,16,21,30H,11H2,1-4H3,(H,29,32)/t16-,21+/m1/s1. The minimum absolute atomic E-state index is 0.0378. The number of ether oxygens (including phenoxy) is 4. The second-order valence-corrected chi connectivity index (χ2v) is 7.98. The lowest BCUT2D eigenvalue weighted by atomic mass is 9.96. The molecule has 1 amide bonds. The van der Waals surface area contributed by atoms with E-state index in [0.29, 0.717) is 34.2 Å². The molecule has 192 valence electrons. The van der Waals surface area contributed by atoms with Gasteiger partial charge < -0.3 is 29.6 Å². The van der Waals surface area contributed by atoms with Gasteiger partial charge in [-0.2, -0.15) is 18.3 Å². The van der Waals surface area contributed by atoms with Crippen LogP contribution in [0.5, 0.6) is 23.0 Å². The first-order chi connectivity index (χ1) is 17.2. The summed E-state index contributed by atoms with van der Waals surface area (Å²) in [6.45, 7) is 0. The summed E-state index contributed by atoms with van der Waals surface area (Å²) in [5, 5.41) is 9.64. The molecule has 0 radical (unpaired) electrons. The zero-order chi connectivity index (χ0) is 26.0. The molecule has 0 fully saturated rings. The van der Waals surface area contributed by atoms with Crippen LogP contribution in [0.25, 0.3) is 0 Å². The molecule has 0 spiro atoms. The van der Waals surface area contributed by atoms with E-state index in [1.807, 2.05) is 0 Å². The number of anilines is 2. The van der Waals surface area contributed by atoms with Crippen molar-refractivity contribution in [1.82, 2.24) is 9.78 Å². The molecule has 2 atom stereocenters. The third-order valence-corrected chi connectivity index (χ3v) is 5.93. The van der Waals surface area contributed by atoms with Crippen molar-refractivity contribution in [2.75, 3.05) is 39.1 Å². The van der Waals surface area contributed by atoms with Gasteiger partial charge in [0, 0.05) is 18.2 Å².